The minimum Gasteiger partial charge on any atom is -0.348 e. The molecule has 1 aliphatic rings. The van der Waals surface area contributed by atoms with Crippen molar-refractivity contribution < 1.29 is 4.79 Å². The van der Waals surface area contributed by atoms with Gasteiger partial charge in [-0.3, -0.25) is 4.79 Å². The van der Waals surface area contributed by atoms with E-state index in [1.807, 2.05) is 6.07 Å². The summed E-state index contributed by atoms with van der Waals surface area (Å²) in [6, 6.07) is 8.58. The fourth-order valence-corrected chi connectivity index (χ4v) is 2.33. The van der Waals surface area contributed by atoms with Crippen LogP contribution >= 0.6 is 0 Å². The lowest BCUT2D eigenvalue weighted by Crippen LogP contribution is -2.35. The molecule has 0 aliphatic heterocycles. The van der Waals surface area contributed by atoms with E-state index in [0.29, 0.717) is 6.54 Å². The first kappa shape index (κ1) is 12.1. The number of fused-ring (bicyclic) bond motifs is 1. The molecule has 1 atom stereocenters. The summed E-state index contributed by atoms with van der Waals surface area (Å²) in [7, 11) is 0. The third-order valence-electron chi connectivity index (χ3n) is 3.18. The molecule has 0 heterocycles. The Morgan fingerprint density at radius 3 is 3.06 bits per heavy atom. The molecule has 0 aromatic heterocycles. The summed E-state index contributed by atoms with van der Waals surface area (Å²) in [6.07, 6.45) is 3.15. The van der Waals surface area contributed by atoms with E-state index in [0.717, 1.165) is 25.8 Å². The molecule has 0 fully saturated rings. The topological polar surface area (TPSA) is 41.1 Å². The number of hydrogen-bond donors (Lipinski definition) is 2. The summed E-state index contributed by atoms with van der Waals surface area (Å²) in [5.41, 5.74) is 2.66. The molecule has 0 saturated carbocycles. The maximum absolute atomic E-state index is 11.7. The van der Waals surface area contributed by atoms with Crippen LogP contribution in [0, 0.1) is 0 Å². The Morgan fingerprint density at radius 2 is 2.24 bits per heavy atom. The van der Waals surface area contributed by atoms with E-state index in [2.05, 4.69) is 35.8 Å². The Balaban J connectivity index is 1.87. The second-order valence-electron chi connectivity index (χ2n) is 4.53. The van der Waals surface area contributed by atoms with Crippen LogP contribution in [0.15, 0.2) is 24.3 Å². The summed E-state index contributed by atoms with van der Waals surface area (Å²) in [5, 5.41) is 6.21. The molecule has 0 radical (unpaired) electrons. The Morgan fingerprint density at radius 1 is 1.41 bits per heavy atom. The van der Waals surface area contributed by atoms with Gasteiger partial charge in [-0.05, 0) is 36.9 Å². The van der Waals surface area contributed by atoms with Gasteiger partial charge < -0.3 is 10.6 Å². The van der Waals surface area contributed by atoms with Gasteiger partial charge in [0.1, 0.15) is 0 Å². The average molecular weight is 232 g/mol. The number of nitrogens with one attached hydrogen (secondary N) is 2. The van der Waals surface area contributed by atoms with E-state index < -0.39 is 0 Å². The first-order valence-corrected chi connectivity index (χ1v) is 6.39. The van der Waals surface area contributed by atoms with Crippen molar-refractivity contribution >= 4 is 5.91 Å². The first-order valence-electron chi connectivity index (χ1n) is 6.39. The lowest BCUT2D eigenvalue weighted by Gasteiger charge is -2.14. The zero-order valence-electron chi connectivity index (χ0n) is 10.3. The highest BCUT2D eigenvalue weighted by Gasteiger charge is 2.22. The van der Waals surface area contributed by atoms with Gasteiger partial charge in [0.05, 0.1) is 12.6 Å². The second-order valence-corrected chi connectivity index (χ2v) is 4.53. The van der Waals surface area contributed by atoms with Gasteiger partial charge in [0.2, 0.25) is 5.91 Å². The Kier molecular flexibility index (Phi) is 4.15. The first-order chi connectivity index (χ1) is 8.31. The van der Waals surface area contributed by atoms with Crippen LogP contribution in [0.4, 0.5) is 0 Å². The fourth-order valence-electron chi connectivity index (χ4n) is 2.33. The van der Waals surface area contributed by atoms with Gasteiger partial charge in [0, 0.05) is 0 Å². The highest BCUT2D eigenvalue weighted by atomic mass is 16.1. The van der Waals surface area contributed by atoms with Crippen molar-refractivity contribution in [3.8, 4) is 0 Å². The number of carbonyl (C=O) groups excluding carboxylic acids is 1. The van der Waals surface area contributed by atoms with Crippen LogP contribution in [-0.4, -0.2) is 19.0 Å². The number of carbonyl (C=O) groups is 1. The van der Waals surface area contributed by atoms with Crippen LogP contribution in [0.1, 0.15) is 36.9 Å². The van der Waals surface area contributed by atoms with E-state index in [9.17, 15) is 4.79 Å². The lowest BCUT2D eigenvalue weighted by atomic mass is 10.1. The minimum atomic E-state index is 0.0974. The van der Waals surface area contributed by atoms with E-state index >= 15 is 0 Å². The van der Waals surface area contributed by atoms with Crippen LogP contribution in [0.5, 0.6) is 0 Å². The second kappa shape index (κ2) is 5.82. The van der Waals surface area contributed by atoms with E-state index in [1.54, 1.807) is 0 Å². The van der Waals surface area contributed by atoms with Gasteiger partial charge in [-0.25, -0.2) is 0 Å². The number of rotatable bonds is 5. The fraction of sp³-hybridized carbons (Fsp3) is 0.500. The van der Waals surface area contributed by atoms with Crippen molar-refractivity contribution in [2.75, 3.05) is 13.1 Å². The molecule has 0 bridgehead atoms. The SMILES string of the molecule is CCCNCC(=O)NC1CCc2ccccc21. The van der Waals surface area contributed by atoms with Crippen LogP contribution in [-0.2, 0) is 11.2 Å². The van der Waals surface area contributed by atoms with Gasteiger partial charge in [0.25, 0.3) is 0 Å². The molecule has 3 nitrogen and oxygen atoms in total. The van der Waals surface area contributed by atoms with E-state index in [4.69, 9.17) is 0 Å². The average Bonchev–Trinajstić information content (AvgIpc) is 2.73. The molecular weight excluding hydrogens is 212 g/mol. The maximum atomic E-state index is 11.7. The lowest BCUT2D eigenvalue weighted by molar-refractivity contribution is -0.121. The van der Waals surface area contributed by atoms with Crippen molar-refractivity contribution in [2.24, 2.45) is 0 Å². The third kappa shape index (κ3) is 3.07. The largest absolute Gasteiger partial charge is 0.348 e. The van der Waals surface area contributed by atoms with Crippen LogP contribution in [0.2, 0.25) is 0 Å². The van der Waals surface area contributed by atoms with Crippen LogP contribution in [0.3, 0.4) is 0 Å². The summed E-state index contributed by atoms with van der Waals surface area (Å²) in [4.78, 5) is 11.7. The standard InChI is InChI=1S/C14H20N2O/c1-2-9-15-10-14(17)16-13-8-7-11-5-3-4-6-12(11)13/h3-6,13,15H,2,7-10H2,1H3,(H,16,17). The minimum absolute atomic E-state index is 0.0974. The highest BCUT2D eigenvalue weighted by Crippen LogP contribution is 2.30. The zero-order chi connectivity index (χ0) is 12.1. The van der Waals surface area contributed by atoms with Crippen LogP contribution < -0.4 is 10.6 Å². The number of aryl methyl sites for hydroxylation is 1. The van der Waals surface area contributed by atoms with Crippen molar-refractivity contribution in [1.29, 1.82) is 0 Å². The predicted octanol–water partition coefficient (Wildman–Crippen LogP) is 1.79. The Labute approximate surface area is 103 Å². The number of benzene rings is 1. The molecular formula is C14H20N2O. The van der Waals surface area contributed by atoms with Crippen molar-refractivity contribution in [1.82, 2.24) is 10.6 Å². The molecule has 17 heavy (non-hydrogen) atoms. The summed E-state index contributed by atoms with van der Waals surface area (Å²) < 4.78 is 0. The molecule has 1 aromatic carbocycles. The molecule has 1 aliphatic carbocycles. The quantitative estimate of drug-likeness (QED) is 0.760. The third-order valence-corrected chi connectivity index (χ3v) is 3.18. The molecule has 1 unspecified atom stereocenters. The smallest absolute Gasteiger partial charge is 0.234 e. The molecule has 1 amide bonds. The molecule has 0 saturated heterocycles. The molecule has 92 valence electrons. The van der Waals surface area contributed by atoms with Gasteiger partial charge in [-0.15, -0.1) is 0 Å². The van der Waals surface area contributed by atoms with E-state index in [1.165, 1.54) is 11.1 Å². The molecule has 1 aromatic rings. The highest BCUT2D eigenvalue weighted by molar-refractivity contribution is 5.78. The zero-order valence-corrected chi connectivity index (χ0v) is 10.3. The van der Waals surface area contributed by atoms with Crippen LogP contribution in [0.25, 0.3) is 0 Å². The van der Waals surface area contributed by atoms with Gasteiger partial charge in [0.15, 0.2) is 0 Å². The van der Waals surface area contributed by atoms with E-state index in [-0.39, 0.29) is 11.9 Å². The normalized spacial score (nSPS) is 17.8. The summed E-state index contributed by atoms with van der Waals surface area (Å²) >= 11 is 0. The number of hydrogen-bond acceptors (Lipinski definition) is 2. The molecule has 0 spiro atoms. The van der Waals surface area contributed by atoms with Crippen molar-refractivity contribution in [3.63, 3.8) is 0 Å². The monoisotopic (exact) mass is 232 g/mol. The molecule has 2 N–H and O–H groups in total. The molecule has 3 heteroatoms. The number of amides is 1. The predicted molar refractivity (Wildman–Crippen MR) is 68.8 cm³/mol. The van der Waals surface area contributed by atoms with Gasteiger partial charge >= 0.3 is 0 Å². The maximum Gasteiger partial charge on any atom is 0.234 e. The van der Waals surface area contributed by atoms with Gasteiger partial charge in [-0.2, -0.15) is 0 Å². The Bertz CT molecular complexity index is 390. The van der Waals surface area contributed by atoms with Gasteiger partial charge in [-0.1, -0.05) is 31.2 Å². The van der Waals surface area contributed by atoms with Crippen molar-refractivity contribution in [2.45, 2.75) is 32.2 Å². The molecule has 2 rings (SSSR count). The van der Waals surface area contributed by atoms with Crippen molar-refractivity contribution in [3.05, 3.63) is 35.4 Å². The summed E-state index contributed by atoms with van der Waals surface area (Å²) in [6.45, 7) is 3.42. The Hall–Kier alpha value is -1.35. The summed E-state index contributed by atoms with van der Waals surface area (Å²) in [5.74, 6) is 0.0974.